The zero-order valence-electron chi connectivity index (χ0n) is 10.4. The first-order valence-corrected chi connectivity index (χ1v) is 6.14. The number of rotatable bonds is 3. The molecule has 0 atom stereocenters. The predicted octanol–water partition coefficient (Wildman–Crippen LogP) is 3.90. The van der Waals surface area contributed by atoms with Crippen LogP contribution in [-0.2, 0) is 0 Å². The SMILES string of the molecule is C/C(=C\NC1=CCC=C(Cl)C=C1)c1cc(C)no1. The molecule has 1 heterocycles. The first-order chi connectivity index (χ1) is 8.65. The summed E-state index contributed by atoms with van der Waals surface area (Å²) in [5, 5.41) is 7.84. The molecule has 1 aromatic rings. The molecule has 0 radical (unpaired) electrons. The lowest BCUT2D eigenvalue weighted by Gasteiger charge is -2.02. The number of nitrogens with zero attached hydrogens (tertiary/aromatic N) is 1. The molecule has 1 aliphatic carbocycles. The highest BCUT2D eigenvalue weighted by molar-refractivity contribution is 6.31. The van der Waals surface area contributed by atoms with Crippen LogP contribution in [0.15, 0.2) is 51.8 Å². The monoisotopic (exact) mass is 262 g/mol. The van der Waals surface area contributed by atoms with E-state index in [4.69, 9.17) is 16.1 Å². The van der Waals surface area contributed by atoms with E-state index < -0.39 is 0 Å². The number of aryl methyl sites for hydroxylation is 1. The van der Waals surface area contributed by atoms with Gasteiger partial charge in [0.05, 0.1) is 5.69 Å². The molecule has 0 amide bonds. The number of nitrogens with one attached hydrogen (secondary N) is 1. The van der Waals surface area contributed by atoms with Crippen LogP contribution in [0.25, 0.3) is 5.57 Å². The standard InChI is InChI=1S/C14H15ClN2O/c1-10(14-8-11(2)17-18-14)9-16-13-5-3-4-12(15)6-7-13/h4-9,16H,3H2,1-2H3/b10-9+. The molecule has 0 saturated carbocycles. The normalized spacial score (nSPS) is 16.1. The maximum Gasteiger partial charge on any atom is 0.164 e. The zero-order chi connectivity index (χ0) is 13.0. The van der Waals surface area contributed by atoms with Crippen molar-refractivity contribution in [3.8, 4) is 0 Å². The molecule has 1 aromatic heterocycles. The Balaban J connectivity index is 2.03. The molecular weight excluding hydrogens is 248 g/mol. The van der Waals surface area contributed by atoms with Crippen LogP contribution >= 0.6 is 11.6 Å². The van der Waals surface area contributed by atoms with Gasteiger partial charge in [-0.25, -0.2) is 0 Å². The number of aromatic nitrogens is 1. The molecule has 0 bridgehead atoms. The third-order valence-electron chi connectivity index (χ3n) is 2.54. The Bertz CT molecular complexity index is 550. The smallest absolute Gasteiger partial charge is 0.164 e. The van der Waals surface area contributed by atoms with Crippen molar-refractivity contribution in [2.45, 2.75) is 20.3 Å². The number of allylic oxidation sites excluding steroid dienone is 6. The fourth-order valence-electron chi connectivity index (χ4n) is 1.52. The fourth-order valence-corrected chi connectivity index (χ4v) is 1.68. The highest BCUT2D eigenvalue weighted by atomic mass is 35.5. The van der Waals surface area contributed by atoms with Crippen LogP contribution < -0.4 is 5.32 Å². The van der Waals surface area contributed by atoms with E-state index in [1.54, 1.807) is 0 Å². The van der Waals surface area contributed by atoms with Crippen LogP contribution in [0.2, 0.25) is 0 Å². The molecule has 2 rings (SSSR count). The van der Waals surface area contributed by atoms with E-state index in [0.717, 1.165) is 34.2 Å². The van der Waals surface area contributed by atoms with Gasteiger partial charge in [-0.05, 0) is 32.4 Å². The first-order valence-electron chi connectivity index (χ1n) is 5.76. The van der Waals surface area contributed by atoms with Crippen molar-refractivity contribution < 1.29 is 4.52 Å². The van der Waals surface area contributed by atoms with Crippen LogP contribution in [0.1, 0.15) is 24.8 Å². The Morgan fingerprint density at radius 3 is 3.00 bits per heavy atom. The fraction of sp³-hybridized carbons (Fsp3) is 0.214. The summed E-state index contributed by atoms with van der Waals surface area (Å²) < 4.78 is 5.18. The van der Waals surface area contributed by atoms with Gasteiger partial charge < -0.3 is 9.84 Å². The van der Waals surface area contributed by atoms with Gasteiger partial charge in [0, 0.05) is 28.6 Å². The summed E-state index contributed by atoms with van der Waals surface area (Å²) >= 11 is 5.92. The van der Waals surface area contributed by atoms with Crippen molar-refractivity contribution in [3.05, 3.63) is 58.8 Å². The lowest BCUT2D eigenvalue weighted by molar-refractivity contribution is 0.405. The van der Waals surface area contributed by atoms with Gasteiger partial charge in [-0.2, -0.15) is 0 Å². The first kappa shape index (κ1) is 12.7. The molecule has 1 aliphatic rings. The summed E-state index contributed by atoms with van der Waals surface area (Å²) in [5.74, 6) is 0.773. The lowest BCUT2D eigenvalue weighted by Crippen LogP contribution is -2.02. The van der Waals surface area contributed by atoms with Gasteiger partial charge in [-0.1, -0.05) is 28.9 Å². The minimum Gasteiger partial charge on any atom is -0.362 e. The van der Waals surface area contributed by atoms with Crippen LogP contribution in [0, 0.1) is 6.92 Å². The second-order valence-electron chi connectivity index (χ2n) is 4.12. The van der Waals surface area contributed by atoms with Crippen molar-refractivity contribution in [1.82, 2.24) is 10.5 Å². The predicted molar refractivity (Wildman–Crippen MR) is 73.8 cm³/mol. The zero-order valence-corrected chi connectivity index (χ0v) is 11.2. The van der Waals surface area contributed by atoms with E-state index in [1.807, 2.05) is 44.3 Å². The summed E-state index contributed by atoms with van der Waals surface area (Å²) in [6, 6.07) is 1.91. The second kappa shape index (κ2) is 5.74. The molecular formula is C14H15ClN2O. The molecule has 0 saturated heterocycles. The number of halogens is 1. The van der Waals surface area contributed by atoms with Gasteiger partial charge in [-0.3, -0.25) is 0 Å². The summed E-state index contributed by atoms with van der Waals surface area (Å²) in [6.45, 7) is 3.87. The van der Waals surface area contributed by atoms with E-state index >= 15 is 0 Å². The molecule has 0 fully saturated rings. The third-order valence-corrected chi connectivity index (χ3v) is 2.82. The summed E-state index contributed by atoms with van der Waals surface area (Å²) in [5.41, 5.74) is 2.88. The molecule has 18 heavy (non-hydrogen) atoms. The highest BCUT2D eigenvalue weighted by Gasteiger charge is 2.02. The quantitative estimate of drug-likeness (QED) is 0.898. The van der Waals surface area contributed by atoms with Crippen LogP contribution in [0.5, 0.6) is 0 Å². The average Bonchev–Trinajstić information content (AvgIpc) is 2.67. The maximum absolute atomic E-state index is 5.92. The van der Waals surface area contributed by atoms with Gasteiger partial charge in [0.15, 0.2) is 5.76 Å². The summed E-state index contributed by atoms with van der Waals surface area (Å²) in [7, 11) is 0. The lowest BCUT2D eigenvalue weighted by atomic mass is 10.2. The van der Waals surface area contributed by atoms with Crippen molar-refractivity contribution in [2.75, 3.05) is 0 Å². The topological polar surface area (TPSA) is 38.1 Å². The molecule has 0 spiro atoms. The highest BCUT2D eigenvalue weighted by Crippen LogP contribution is 2.15. The Hall–Kier alpha value is -1.74. The van der Waals surface area contributed by atoms with Gasteiger partial charge >= 0.3 is 0 Å². The van der Waals surface area contributed by atoms with Gasteiger partial charge in [0.1, 0.15) is 0 Å². The number of hydrogen-bond acceptors (Lipinski definition) is 3. The Morgan fingerprint density at radius 1 is 1.44 bits per heavy atom. The Kier molecular flexibility index (Phi) is 4.05. The molecule has 0 aliphatic heterocycles. The minimum atomic E-state index is 0.759. The average molecular weight is 263 g/mol. The van der Waals surface area contributed by atoms with Crippen LogP contribution in [-0.4, -0.2) is 5.16 Å². The van der Waals surface area contributed by atoms with E-state index in [0.29, 0.717) is 0 Å². The van der Waals surface area contributed by atoms with Gasteiger partial charge in [0.2, 0.25) is 0 Å². The molecule has 0 aromatic carbocycles. The Morgan fingerprint density at radius 2 is 2.28 bits per heavy atom. The largest absolute Gasteiger partial charge is 0.362 e. The van der Waals surface area contributed by atoms with Crippen molar-refractivity contribution in [3.63, 3.8) is 0 Å². The molecule has 1 N–H and O–H groups in total. The van der Waals surface area contributed by atoms with Gasteiger partial charge in [-0.15, -0.1) is 0 Å². The molecule has 3 nitrogen and oxygen atoms in total. The van der Waals surface area contributed by atoms with Crippen LogP contribution in [0.4, 0.5) is 0 Å². The van der Waals surface area contributed by atoms with E-state index in [-0.39, 0.29) is 0 Å². The molecule has 0 unspecified atom stereocenters. The minimum absolute atomic E-state index is 0.759. The maximum atomic E-state index is 5.92. The van der Waals surface area contributed by atoms with Crippen molar-refractivity contribution in [2.24, 2.45) is 0 Å². The summed E-state index contributed by atoms with van der Waals surface area (Å²) in [4.78, 5) is 0. The van der Waals surface area contributed by atoms with Crippen LogP contribution in [0.3, 0.4) is 0 Å². The van der Waals surface area contributed by atoms with E-state index in [2.05, 4.69) is 16.5 Å². The Labute approximate surface area is 111 Å². The molecule has 4 heteroatoms. The second-order valence-corrected chi connectivity index (χ2v) is 4.56. The van der Waals surface area contributed by atoms with E-state index in [9.17, 15) is 0 Å². The van der Waals surface area contributed by atoms with Crippen molar-refractivity contribution in [1.29, 1.82) is 0 Å². The molecule has 94 valence electrons. The number of hydrogen-bond donors (Lipinski definition) is 1. The van der Waals surface area contributed by atoms with E-state index in [1.165, 1.54) is 0 Å². The van der Waals surface area contributed by atoms with Crippen molar-refractivity contribution >= 4 is 17.2 Å². The third kappa shape index (κ3) is 3.37. The van der Waals surface area contributed by atoms with Gasteiger partial charge in [0.25, 0.3) is 0 Å². The summed E-state index contributed by atoms with van der Waals surface area (Å²) in [6.07, 6.45) is 10.6.